The van der Waals surface area contributed by atoms with Crippen LogP contribution in [0.3, 0.4) is 0 Å². The second kappa shape index (κ2) is 3.70. The van der Waals surface area contributed by atoms with Crippen LogP contribution in [0.25, 0.3) is 0 Å². The lowest BCUT2D eigenvalue weighted by atomic mass is 9.95. The van der Waals surface area contributed by atoms with E-state index in [1.807, 2.05) is 0 Å². The molecular formula is C15H22N2O2. The van der Waals surface area contributed by atoms with Gasteiger partial charge in [-0.3, -0.25) is 0 Å². The molecule has 4 nitrogen and oxygen atoms in total. The van der Waals surface area contributed by atoms with E-state index in [1.165, 1.54) is 11.1 Å². The van der Waals surface area contributed by atoms with E-state index in [1.54, 1.807) is 0 Å². The molecule has 0 amide bonds. The van der Waals surface area contributed by atoms with Crippen molar-refractivity contribution < 1.29 is 9.71 Å². The summed E-state index contributed by atoms with van der Waals surface area (Å²) >= 11 is 0. The molecule has 1 fully saturated rings. The highest BCUT2D eigenvalue weighted by Gasteiger charge is 2.61. The largest absolute Gasteiger partial charge is 0.632 e. The minimum absolute atomic E-state index is 0.00637. The molecule has 1 N–H and O–H groups in total. The van der Waals surface area contributed by atoms with Crippen molar-refractivity contribution in [2.45, 2.75) is 70.5 Å². The highest BCUT2D eigenvalue weighted by molar-refractivity contribution is 5.43. The molecule has 19 heavy (non-hydrogen) atoms. The van der Waals surface area contributed by atoms with E-state index >= 15 is 0 Å². The summed E-state index contributed by atoms with van der Waals surface area (Å²) in [5.41, 5.74) is 4.79. The van der Waals surface area contributed by atoms with Crippen LogP contribution in [0.15, 0.2) is 22.5 Å². The highest BCUT2D eigenvalue weighted by atomic mass is 16.6. The average Bonchev–Trinajstić information content (AvgIpc) is 2.77. The predicted molar refractivity (Wildman–Crippen MR) is 72.4 cm³/mol. The number of hydrogen-bond acceptors (Lipinski definition) is 2. The second-order valence-electron chi connectivity index (χ2n) is 6.76. The fraction of sp³-hybridized carbons (Fsp3) is 0.733. The zero-order valence-electron chi connectivity index (χ0n) is 11.7. The Kier molecular flexibility index (Phi) is 2.35. The molecule has 5 atom stereocenters. The summed E-state index contributed by atoms with van der Waals surface area (Å²) in [6.45, 7) is 4.15. The molecule has 0 bridgehead atoms. The zero-order valence-corrected chi connectivity index (χ0v) is 11.7. The van der Waals surface area contributed by atoms with Crippen LogP contribution in [0.2, 0.25) is 0 Å². The summed E-state index contributed by atoms with van der Waals surface area (Å²) in [6.07, 6.45) is 5.71. The summed E-state index contributed by atoms with van der Waals surface area (Å²) in [5, 5.41) is 25.6. The maximum atomic E-state index is 12.8. The van der Waals surface area contributed by atoms with Crippen LogP contribution in [-0.2, 0) is 0 Å². The Morgan fingerprint density at radius 1 is 1.11 bits per heavy atom. The Balaban J connectivity index is 1.73. The molecule has 5 unspecified atom stereocenters. The fourth-order valence-corrected chi connectivity index (χ4v) is 4.71. The van der Waals surface area contributed by atoms with Gasteiger partial charge >= 0.3 is 0 Å². The third kappa shape index (κ3) is 1.38. The van der Waals surface area contributed by atoms with Gasteiger partial charge in [-0.1, -0.05) is 0 Å². The Morgan fingerprint density at radius 2 is 1.84 bits per heavy atom. The summed E-state index contributed by atoms with van der Waals surface area (Å²) in [5.74, 6) is 0. The van der Waals surface area contributed by atoms with Crippen LogP contribution >= 0.6 is 0 Å². The Morgan fingerprint density at radius 3 is 2.63 bits per heavy atom. The van der Waals surface area contributed by atoms with Crippen LogP contribution in [0.5, 0.6) is 0 Å². The van der Waals surface area contributed by atoms with Gasteiger partial charge in [-0.05, 0) is 26.7 Å². The van der Waals surface area contributed by atoms with Crippen LogP contribution in [0, 0.1) is 10.4 Å². The minimum Gasteiger partial charge on any atom is -0.632 e. The first kappa shape index (κ1) is 12.1. The Bertz CT molecular complexity index is 510. The molecule has 0 aromatic heterocycles. The molecule has 4 heteroatoms. The van der Waals surface area contributed by atoms with Crippen molar-refractivity contribution in [3.05, 3.63) is 33.0 Å². The lowest BCUT2D eigenvalue weighted by Crippen LogP contribution is -3.02. The SMILES string of the molecule is CC1CCC2=C(CC3C(C)[N+]13[O-])C1=C(CCC1)[NH+]2[O-]. The summed E-state index contributed by atoms with van der Waals surface area (Å²) in [6, 6.07) is 0.584. The second-order valence-corrected chi connectivity index (χ2v) is 6.76. The van der Waals surface area contributed by atoms with Gasteiger partial charge in [0.05, 0.1) is 6.04 Å². The molecule has 104 valence electrons. The number of hydrogen-bond donors (Lipinski definition) is 1. The van der Waals surface area contributed by atoms with Crippen molar-refractivity contribution in [2.75, 3.05) is 0 Å². The first-order chi connectivity index (χ1) is 9.05. The first-order valence-electron chi connectivity index (χ1n) is 7.63. The van der Waals surface area contributed by atoms with Gasteiger partial charge in [-0.2, -0.15) is 0 Å². The van der Waals surface area contributed by atoms with E-state index in [4.69, 9.17) is 0 Å². The van der Waals surface area contributed by atoms with Crippen LogP contribution in [-0.4, -0.2) is 22.8 Å². The van der Waals surface area contributed by atoms with Gasteiger partial charge in [0.25, 0.3) is 0 Å². The Labute approximate surface area is 114 Å². The van der Waals surface area contributed by atoms with E-state index in [2.05, 4.69) is 13.8 Å². The van der Waals surface area contributed by atoms with Crippen LogP contribution in [0.1, 0.15) is 52.4 Å². The Hall–Kier alpha value is -0.680. The maximum absolute atomic E-state index is 12.8. The van der Waals surface area contributed by atoms with Gasteiger partial charge in [0, 0.05) is 36.8 Å². The third-order valence-electron chi connectivity index (χ3n) is 6.03. The van der Waals surface area contributed by atoms with Gasteiger partial charge in [0.2, 0.25) is 0 Å². The average molecular weight is 262 g/mol. The topological polar surface area (TPSA) is 50.6 Å². The maximum Gasteiger partial charge on any atom is 0.146 e. The first-order valence-corrected chi connectivity index (χ1v) is 7.63. The van der Waals surface area contributed by atoms with Gasteiger partial charge in [0.1, 0.15) is 23.5 Å². The lowest BCUT2D eigenvalue weighted by molar-refractivity contribution is -0.801. The summed E-state index contributed by atoms with van der Waals surface area (Å²) in [4.78, 5) is 0. The lowest BCUT2D eigenvalue weighted by Gasteiger charge is -2.34. The van der Waals surface area contributed by atoms with Crippen molar-refractivity contribution in [3.63, 3.8) is 0 Å². The number of allylic oxidation sites excluding steroid dienone is 3. The number of fused-ring (bicyclic) bond motifs is 2. The van der Waals surface area contributed by atoms with Crippen LogP contribution < -0.4 is 5.06 Å². The highest BCUT2D eigenvalue weighted by Crippen LogP contribution is 2.50. The smallest absolute Gasteiger partial charge is 0.146 e. The van der Waals surface area contributed by atoms with E-state index < -0.39 is 0 Å². The molecule has 1 saturated heterocycles. The number of quaternary nitrogens is 2. The molecule has 4 aliphatic rings. The van der Waals surface area contributed by atoms with Crippen molar-refractivity contribution in [3.8, 4) is 0 Å². The summed E-state index contributed by atoms with van der Waals surface area (Å²) in [7, 11) is 0. The predicted octanol–water partition coefficient (Wildman–Crippen LogP) is 1.73. The summed E-state index contributed by atoms with van der Waals surface area (Å²) < 4.78 is -0.00637. The van der Waals surface area contributed by atoms with Crippen molar-refractivity contribution in [1.29, 1.82) is 0 Å². The normalized spacial score (nSPS) is 48.6. The molecule has 3 aliphatic heterocycles. The molecule has 1 aliphatic carbocycles. The number of rotatable bonds is 0. The molecule has 3 heterocycles. The minimum atomic E-state index is -0.00637. The van der Waals surface area contributed by atoms with Crippen molar-refractivity contribution in [2.24, 2.45) is 0 Å². The van der Waals surface area contributed by atoms with Crippen LogP contribution in [0.4, 0.5) is 0 Å². The van der Waals surface area contributed by atoms with E-state index in [9.17, 15) is 10.4 Å². The van der Waals surface area contributed by atoms with Gasteiger partial charge in [-0.25, -0.2) is 0 Å². The van der Waals surface area contributed by atoms with Gasteiger partial charge in [0.15, 0.2) is 0 Å². The number of nitrogens with one attached hydrogen (secondary N) is 1. The molecule has 0 aromatic rings. The fourth-order valence-electron chi connectivity index (χ4n) is 4.71. The van der Waals surface area contributed by atoms with E-state index in [0.29, 0.717) is 5.06 Å². The molecule has 0 aromatic carbocycles. The molecular weight excluding hydrogens is 240 g/mol. The quantitative estimate of drug-likeness (QED) is 0.410. The number of hydroxylamine groups is 5. The van der Waals surface area contributed by atoms with Crippen molar-refractivity contribution in [1.82, 2.24) is 0 Å². The zero-order chi connectivity index (χ0) is 13.4. The molecule has 0 radical (unpaired) electrons. The molecule has 4 rings (SSSR count). The van der Waals surface area contributed by atoms with Crippen molar-refractivity contribution >= 4 is 0 Å². The van der Waals surface area contributed by atoms with Gasteiger partial charge < -0.3 is 20.1 Å². The standard InChI is InChI=1S/C15H22N2O2/c1-9-6-7-14-12(8-15-10(2)17(9,15)19)11-4-3-5-13(11)16(14)18/h9-10,15-16H,3-8H2,1-2H3. The van der Waals surface area contributed by atoms with Gasteiger partial charge in [-0.15, -0.1) is 0 Å². The third-order valence-corrected chi connectivity index (χ3v) is 6.03. The number of nitrogens with zero attached hydrogens (tertiary/aromatic N) is 1. The molecule has 0 spiro atoms. The van der Waals surface area contributed by atoms with E-state index in [0.717, 1.165) is 49.9 Å². The molecule has 0 saturated carbocycles. The van der Waals surface area contributed by atoms with E-state index in [-0.39, 0.29) is 22.8 Å². The monoisotopic (exact) mass is 262 g/mol.